The molecule has 1 amide bonds. The number of H-pyrrole nitrogens is 1. The summed E-state index contributed by atoms with van der Waals surface area (Å²) in [5, 5.41) is 0. The van der Waals surface area contributed by atoms with Crippen LogP contribution in [-0.2, 0) is 4.79 Å². The minimum Gasteiger partial charge on any atom is -0.478 e. The predicted octanol–water partition coefficient (Wildman–Crippen LogP) is 2.75. The van der Waals surface area contributed by atoms with Gasteiger partial charge in [-0.15, -0.1) is 0 Å². The van der Waals surface area contributed by atoms with Gasteiger partial charge < -0.3 is 14.6 Å². The van der Waals surface area contributed by atoms with E-state index in [0.717, 1.165) is 0 Å². The van der Waals surface area contributed by atoms with E-state index in [1.54, 1.807) is 42.3 Å². The van der Waals surface area contributed by atoms with Gasteiger partial charge >= 0.3 is 0 Å². The number of carbonyl (C=O) groups excluding carboxylic acids is 1. The number of likely N-dealkylation sites (tertiary alicyclic amines) is 1. The molecule has 0 spiro atoms. The fourth-order valence-electron chi connectivity index (χ4n) is 3.55. The largest absolute Gasteiger partial charge is 0.478 e. The number of rotatable bonds is 5. The first-order valence-corrected chi connectivity index (χ1v) is 9.74. The lowest BCUT2D eigenvalue weighted by Gasteiger charge is -2.22. The lowest BCUT2D eigenvalue weighted by atomic mass is 10.0. The van der Waals surface area contributed by atoms with Crippen molar-refractivity contribution in [1.82, 2.24) is 19.9 Å². The van der Waals surface area contributed by atoms with Gasteiger partial charge in [0.1, 0.15) is 5.69 Å². The molecule has 0 radical (unpaired) electrons. The second kappa shape index (κ2) is 8.44. The van der Waals surface area contributed by atoms with Crippen molar-refractivity contribution in [2.75, 3.05) is 13.1 Å². The van der Waals surface area contributed by atoms with Crippen molar-refractivity contribution in [3.8, 4) is 17.3 Å². The predicted molar refractivity (Wildman–Crippen MR) is 109 cm³/mol. The van der Waals surface area contributed by atoms with Crippen molar-refractivity contribution < 1.29 is 13.9 Å². The van der Waals surface area contributed by atoms with E-state index < -0.39 is 11.9 Å². The van der Waals surface area contributed by atoms with Crippen LogP contribution in [0.3, 0.4) is 0 Å². The number of aromatic amines is 1. The van der Waals surface area contributed by atoms with Crippen LogP contribution in [0.5, 0.6) is 5.75 Å². The maximum atomic E-state index is 13.8. The quantitative estimate of drug-likeness (QED) is 0.701. The maximum Gasteiger partial charge on any atom is 0.263 e. The van der Waals surface area contributed by atoms with Crippen LogP contribution in [0.2, 0.25) is 0 Å². The smallest absolute Gasteiger partial charge is 0.263 e. The Balaban J connectivity index is 1.47. The molecule has 1 aromatic carbocycles. The highest BCUT2D eigenvalue weighted by Crippen LogP contribution is 2.27. The van der Waals surface area contributed by atoms with Crippen molar-refractivity contribution in [1.29, 1.82) is 0 Å². The Bertz CT molecular complexity index is 1100. The molecule has 7 nitrogen and oxygen atoms in total. The number of hydrogen-bond acceptors (Lipinski definition) is 5. The Morgan fingerprint density at radius 1 is 1.27 bits per heavy atom. The van der Waals surface area contributed by atoms with Crippen LogP contribution in [0.25, 0.3) is 11.5 Å². The summed E-state index contributed by atoms with van der Waals surface area (Å²) in [7, 11) is 0. The number of carbonyl (C=O) groups is 1. The number of aromatic nitrogens is 3. The van der Waals surface area contributed by atoms with Crippen LogP contribution < -0.4 is 10.3 Å². The van der Waals surface area contributed by atoms with Gasteiger partial charge in [-0.1, -0.05) is 18.2 Å². The third-order valence-corrected chi connectivity index (χ3v) is 5.08. The SMILES string of the molecule is C[C@@H](Oc1ccccc1F)C(=O)N1CC[C@@H](c2cc(=O)[nH]c(-c3ccccn3)n2)C1. The summed E-state index contributed by atoms with van der Waals surface area (Å²) in [6.45, 7) is 2.54. The van der Waals surface area contributed by atoms with E-state index in [0.29, 0.717) is 36.7 Å². The summed E-state index contributed by atoms with van der Waals surface area (Å²) >= 11 is 0. The first-order chi connectivity index (χ1) is 14.5. The lowest BCUT2D eigenvalue weighted by molar-refractivity contribution is -0.136. The van der Waals surface area contributed by atoms with Crippen molar-refractivity contribution in [2.45, 2.75) is 25.4 Å². The zero-order chi connectivity index (χ0) is 21.1. The van der Waals surface area contributed by atoms with Crippen LogP contribution in [0.15, 0.2) is 59.5 Å². The van der Waals surface area contributed by atoms with Crippen molar-refractivity contribution >= 4 is 5.91 Å². The molecule has 1 N–H and O–H groups in total. The van der Waals surface area contributed by atoms with E-state index in [1.807, 2.05) is 6.07 Å². The van der Waals surface area contributed by atoms with E-state index in [9.17, 15) is 14.0 Å². The molecule has 0 aliphatic carbocycles. The zero-order valence-electron chi connectivity index (χ0n) is 16.4. The molecule has 4 rings (SSSR count). The van der Waals surface area contributed by atoms with Gasteiger partial charge in [0.15, 0.2) is 23.5 Å². The molecule has 154 valence electrons. The highest BCUT2D eigenvalue weighted by Gasteiger charge is 2.32. The molecule has 0 unspecified atom stereocenters. The minimum atomic E-state index is -0.822. The van der Waals surface area contributed by atoms with Gasteiger partial charge in [0.2, 0.25) is 0 Å². The number of hydrogen-bond donors (Lipinski definition) is 1. The second-order valence-electron chi connectivity index (χ2n) is 7.19. The number of para-hydroxylation sites is 1. The summed E-state index contributed by atoms with van der Waals surface area (Å²) in [5.41, 5.74) is 0.938. The average Bonchev–Trinajstić information content (AvgIpc) is 3.25. The van der Waals surface area contributed by atoms with E-state index >= 15 is 0 Å². The van der Waals surface area contributed by atoms with Gasteiger partial charge in [0, 0.05) is 31.3 Å². The van der Waals surface area contributed by atoms with Gasteiger partial charge in [0.25, 0.3) is 11.5 Å². The Hall–Kier alpha value is -3.55. The third-order valence-electron chi connectivity index (χ3n) is 5.08. The lowest BCUT2D eigenvalue weighted by Crippen LogP contribution is -2.39. The Morgan fingerprint density at radius 3 is 2.83 bits per heavy atom. The molecule has 3 heterocycles. The fourth-order valence-corrected chi connectivity index (χ4v) is 3.55. The Morgan fingerprint density at radius 2 is 2.07 bits per heavy atom. The molecule has 8 heteroatoms. The van der Waals surface area contributed by atoms with E-state index in [-0.39, 0.29) is 23.1 Å². The molecular formula is C22H21FN4O3. The highest BCUT2D eigenvalue weighted by molar-refractivity contribution is 5.81. The van der Waals surface area contributed by atoms with Crippen LogP contribution in [0, 0.1) is 5.82 Å². The minimum absolute atomic E-state index is 0.0466. The van der Waals surface area contributed by atoms with Crippen LogP contribution in [0.1, 0.15) is 25.0 Å². The summed E-state index contributed by atoms with van der Waals surface area (Å²) in [4.78, 5) is 38.1. The van der Waals surface area contributed by atoms with Gasteiger partial charge in [-0.2, -0.15) is 0 Å². The number of ether oxygens (including phenoxy) is 1. The molecule has 3 aromatic rings. The van der Waals surface area contributed by atoms with Crippen molar-refractivity contribution in [3.63, 3.8) is 0 Å². The monoisotopic (exact) mass is 408 g/mol. The molecule has 1 fully saturated rings. The number of amides is 1. The molecule has 0 saturated carbocycles. The molecule has 30 heavy (non-hydrogen) atoms. The highest BCUT2D eigenvalue weighted by atomic mass is 19.1. The van der Waals surface area contributed by atoms with Crippen molar-refractivity contribution in [2.24, 2.45) is 0 Å². The normalized spacial score (nSPS) is 17.0. The van der Waals surface area contributed by atoms with Crippen molar-refractivity contribution in [3.05, 3.63) is 76.6 Å². The fraction of sp³-hybridized carbons (Fsp3) is 0.273. The molecule has 2 atom stereocenters. The maximum absolute atomic E-state index is 13.8. The first kappa shape index (κ1) is 19.8. The van der Waals surface area contributed by atoms with Crippen LogP contribution in [0.4, 0.5) is 4.39 Å². The van der Waals surface area contributed by atoms with Gasteiger partial charge in [-0.25, -0.2) is 9.37 Å². The summed E-state index contributed by atoms with van der Waals surface area (Å²) in [6, 6.07) is 12.8. The molecule has 1 aliphatic rings. The van der Waals surface area contributed by atoms with Gasteiger partial charge in [-0.05, 0) is 37.6 Å². The number of nitrogens with zero attached hydrogens (tertiary/aromatic N) is 3. The average molecular weight is 408 g/mol. The van der Waals surface area contributed by atoms with Gasteiger partial charge in [-0.3, -0.25) is 14.6 Å². The molecular weight excluding hydrogens is 387 g/mol. The molecule has 2 aromatic heterocycles. The topological polar surface area (TPSA) is 88.2 Å². The molecule has 1 aliphatic heterocycles. The molecule has 0 bridgehead atoms. The van der Waals surface area contributed by atoms with E-state index in [2.05, 4.69) is 15.0 Å². The summed E-state index contributed by atoms with van der Waals surface area (Å²) in [6.07, 6.45) is 1.49. The van der Waals surface area contributed by atoms with Crippen LogP contribution >= 0.6 is 0 Å². The summed E-state index contributed by atoms with van der Waals surface area (Å²) < 4.78 is 19.3. The number of nitrogens with one attached hydrogen (secondary N) is 1. The standard InChI is InChI=1S/C22H21FN4O3/c1-14(30-19-8-3-2-6-16(19)23)22(29)27-11-9-15(13-27)18-12-20(28)26-21(25-18)17-7-4-5-10-24-17/h2-8,10,12,14-15H,9,11,13H2,1H3,(H,25,26,28)/t14-,15-/m1/s1. The zero-order valence-corrected chi connectivity index (χ0v) is 16.4. The van der Waals surface area contributed by atoms with E-state index in [1.165, 1.54) is 18.2 Å². The number of benzene rings is 1. The van der Waals surface area contributed by atoms with E-state index in [4.69, 9.17) is 4.74 Å². The number of pyridine rings is 1. The Labute approximate surface area is 172 Å². The summed E-state index contributed by atoms with van der Waals surface area (Å²) in [5.74, 6) is -0.356. The van der Waals surface area contributed by atoms with Gasteiger partial charge in [0.05, 0.1) is 5.69 Å². The van der Waals surface area contributed by atoms with Crippen LogP contribution in [-0.4, -0.2) is 45.0 Å². The Kier molecular flexibility index (Phi) is 5.56. The molecule has 1 saturated heterocycles. The first-order valence-electron chi connectivity index (χ1n) is 9.74. The third kappa shape index (κ3) is 4.22. The second-order valence-corrected chi connectivity index (χ2v) is 7.19. The number of halogens is 1.